The fraction of sp³-hybridized carbons (Fsp3) is 0.588. The SMILES string of the molecule is CCCNC(CN1CC(C)CC1=O)c1ccc(C)cc1. The van der Waals surface area contributed by atoms with Crippen LogP contribution in [0.25, 0.3) is 0 Å². The number of nitrogens with zero attached hydrogens (tertiary/aromatic N) is 1. The number of nitrogens with one attached hydrogen (secondary N) is 1. The fourth-order valence-corrected chi connectivity index (χ4v) is 2.77. The maximum Gasteiger partial charge on any atom is 0.222 e. The Bertz CT molecular complexity index is 441. The van der Waals surface area contributed by atoms with Crippen LogP contribution in [0.4, 0.5) is 0 Å². The summed E-state index contributed by atoms with van der Waals surface area (Å²) in [6.45, 7) is 9.09. The topological polar surface area (TPSA) is 32.3 Å². The molecule has 3 heteroatoms. The average Bonchev–Trinajstić information content (AvgIpc) is 2.74. The molecule has 1 aliphatic heterocycles. The van der Waals surface area contributed by atoms with E-state index in [1.54, 1.807) is 0 Å². The van der Waals surface area contributed by atoms with Gasteiger partial charge in [-0.05, 0) is 31.4 Å². The van der Waals surface area contributed by atoms with Gasteiger partial charge in [-0.3, -0.25) is 4.79 Å². The van der Waals surface area contributed by atoms with Gasteiger partial charge < -0.3 is 10.2 Å². The normalized spacial score (nSPS) is 20.4. The minimum absolute atomic E-state index is 0.241. The van der Waals surface area contributed by atoms with E-state index in [1.165, 1.54) is 11.1 Å². The van der Waals surface area contributed by atoms with Crippen molar-refractivity contribution in [3.8, 4) is 0 Å². The summed E-state index contributed by atoms with van der Waals surface area (Å²) in [4.78, 5) is 14.0. The third-order valence-corrected chi connectivity index (χ3v) is 3.93. The molecule has 0 saturated carbocycles. The summed E-state index contributed by atoms with van der Waals surface area (Å²) in [6, 6.07) is 8.87. The highest BCUT2D eigenvalue weighted by molar-refractivity contribution is 5.78. The van der Waals surface area contributed by atoms with Crippen molar-refractivity contribution < 1.29 is 4.79 Å². The van der Waals surface area contributed by atoms with Gasteiger partial charge in [-0.15, -0.1) is 0 Å². The van der Waals surface area contributed by atoms with Crippen LogP contribution >= 0.6 is 0 Å². The minimum Gasteiger partial charge on any atom is -0.340 e. The van der Waals surface area contributed by atoms with Crippen molar-refractivity contribution in [3.63, 3.8) is 0 Å². The number of benzene rings is 1. The quantitative estimate of drug-likeness (QED) is 0.865. The smallest absolute Gasteiger partial charge is 0.222 e. The lowest BCUT2D eigenvalue weighted by Gasteiger charge is -2.25. The summed E-state index contributed by atoms with van der Waals surface area (Å²) in [7, 11) is 0. The zero-order valence-corrected chi connectivity index (χ0v) is 12.9. The van der Waals surface area contributed by atoms with Crippen LogP contribution in [0.5, 0.6) is 0 Å². The predicted octanol–water partition coefficient (Wildman–Crippen LogP) is 2.90. The summed E-state index contributed by atoms with van der Waals surface area (Å²) in [6.07, 6.45) is 1.81. The van der Waals surface area contributed by atoms with Gasteiger partial charge in [0.05, 0.1) is 0 Å². The highest BCUT2D eigenvalue weighted by Gasteiger charge is 2.28. The second-order valence-electron chi connectivity index (χ2n) is 6.03. The van der Waals surface area contributed by atoms with E-state index in [-0.39, 0.29) is 6.04 Å². The van der Waals surface area contributed by atoms with Crippen molar-refractivity contribution in [3.05, 3.63) is 35.4 Å². The van der Waals surface area contributed by atoms with Gasteiger partial charge in [-0.2, -0.15) is 0 Å². The minimum atomic E-state index is 0.241. The van der Waals surface area contributed by atoms with E-state index in [9.17, 15) is 4.79 Å². The van der Waals surface area contributed by atoms with E-state index in [4.69, 9.17) is 0 Å². The van der Waals surface area contributed by atoms with Gasteiger partial charge in [0.25, 0.3) is 0 Å². The van der Waals surface area contributed by atoms with Crippen LogP contribution in [-0.2, 0) is 4.79 Å². The Kier molecular flexibility index (Phi) is 5.18. The lowest BCUT2D eigenvalue weighted by atomic mass is 10.0. The van der Waals surface area contributed by atoms with Gasteiger partial charge in [0.1, 0.15) is 0 Å². The Hall–Kier alpha value is -1.35. The number of aryl methyl sites for hydroxylation is 1. The van der Waals surface area contributed by atoms with Crippen LogP contribution in [0.2, 0.25) is 0 Å². The monoisotopic (exact) mass is 274 g/mol. The van der Waals surface area contributed by atoms with Crippen LogP contribution in [0.1, 0.15) is 43.9 Å². The van der Waals surface area contributed by atoms with E-state index >= 15 is 0 Å². The molecule has 1 aromatic rings. The summed E-state index contributed by atoms with van der Waals surface area (Å²) >= 11 is 0. The fourth-order valence-electron chi connectivity index (χ4n) is 2.77. The van der Waals surface area contributed by atoms with Crippen LogP contribution in [-0.4, -0.2) is 30.4 Å². The molecule has 0 spiro atoms. The second kappa shape index (κ2) is 6.89. The van der Waals surface area contributed by atoms with Crippen molar-refractivity contribution in [2.24, 2.45) is 5.92 Å². The summed E-state index contributed by atoms with van der Waals surface area (Å²) in [5.74, 6) is 0.792. The lowest BCUT2D eigenvalue weighted by molar-refractivity contribution is -0.128. The summed E-state index contributed by atoms with van der Waals surface area (Å²) < 4.78 is 0. The second-order valence-corrected chi connectivity index (χ2v) is 6.03. The Morgan fingerprint density at radius 2 is 2.05 bits per heavy atom. The molecule has 1 aliphatic rings. The van der Waals surface area contributed by atoms with Gasteiger partial charge in [0.2, 0.25) is 5.91 Å². The van der Waals surface area contributed by atoms with Gasteiger partial charge in [0.15, 0.2) is 0 Å². The van der Waals surface area contributed by atoms with Crippen LogP contribution < -0.4 is 5.32 Å². The number of rotatable bonds is 6. The molecule has 0 aromatic heterocycles. The Balaban J connectivity index is 2.07. The standard InChI is InChI=1S/C17H26N2O/c1-4-9-18-16(15-7-5-13(2)6-8-15)12-19-11-14(3)10-17(19)20/h5-8,14,16,18H,4,9-12H2,1-3H3. The number of likely N-dealkylation sites (tertiary alicyclic amines) is 1. The molecule has 0 radical (unpaired) electrons. The summed E-state index contributed by atoms with van der Waals surface area (Å²) in [5.41, 5.74) is 2.55. The van der Waals surface area contributed by atoms with E-state index in [1.807, 2.05) is 4.90 Å². The lowest BCUT2D eigenvalue weighted by Crippen LogP contribution is -2.36. The first-order valence-electron chi connectivity index (χ1n) is 7.68. The molecule has 1 amide bonds. The van der Waals surface area contributed by atoms with Crippen LogP contribution in [0.15, 0.2) is 24.3 Å². The van der Waals surface area contributed by atoms with E-state index in [0.717, 1.165) is 26.1 Å². The van der Waals surface area contributed by atoms with Gasteiger partial charge >= 0.3 is 0 Å². The molecule has 110 valence electrons. The average molecular weight is 274 g/mol. The maximum atomic E-state index is 12.0. The number of hydrogen-bond donors (Lipinski definition) is 1. The van der Waals surface area contributed by atoms with Crippen molar-refractivity contribution in [1.29, 1.82) is 0 Å². The molecule has 1 aromatic carbocycles. The highest BCUT2D eigenvalue weighted by Crippen LogP contribution is 2.22. The molecule has 1 heterocycles. The molecule has 2 rings (SSSR count). The highest BCUT2D eigenvalue weighted by atomic mass is 16.2. The number of carbonyl (C=O) groups is 1. The molecule has 2 atom stereocenters. The molecule has 0 bridgehead atoms. The van der Waals surface area contributed by atoms with Crippen molar-refractivity contribution in [1.82, 2.24) is 10.2 Å². The van der Waals surface area contributed by atoms with Crippen molar-refractivity contribution >= 4 is 5.91 Å². The summed E-state index contributed by atoms with van der Waals surface area (Å²) in [5, 5.41) is 3.57. The predicted molar refractivity (Wildman–Crippen MR) is 82.6 cm³/mol. The van der Waals surface area contributed by atoms with Gasteiger partial charge in [-0.1, -0.05) is 43.7 Å². The molecule has 1 N–H and O–H groups in total. The molecular formula is C17H26N2O. The maximum absolute atomic E-state index is 12.0. The van der Waals surface area contributed by atoms with Crippen molar-refractivity contribution in [2.45, 2.75) is 39.7 Å². The van der Waals surface area contributed by atoms with E-state index < -0.39 is 0 Å². The Morgan fingerprint density at radius 1 is 1.35 bits per heavy atom. The molecule has 1 saturated heterocycles. The van der Waals surface area contributed by atoms with Gasteiger partial charge in [-0.25, -0.2) is 0 Å². The number of carbonyl (C=O) groups excluding carboxylic acids is 1. The number of hydrogen-bond acceptors (Lipinski definition) is 2. The first-order valence-corrected chi connectivity index (χ1v) is 7.68. The molecular weight excluding hydrogens is 248 g/mol. The molecule has 20 heavy (non-hydrogen) atoms. The van der Waals surface area contributed by atoms with Crippen LogP contribution in [0, 0.1) is 12.8 Å². The molecule has 1 fully saturated rings. The molecule has 3 nitrogen and oxygen atoms in total. The van der Waals surface area contributed by atoms with Crippen LogP contribution in [0.3, 0.4) is 0 Å². The molecule has 0 aliphatic carbocycles. The zero-order valence-electron chi connectivity index (χ0n) is 12.9. The first-order chi connectivity index (χ1) is 9.60. The molecule has 2 unspecified atom stereocenters. The zero-order chi connectivity index (χ0) is 14.5. The van der Waals surface area contributed by atoms with E-state index in [0.29, 0.717) is 18.2 Å². The Morgan fingerprint density at radius 3 is 2.60 bits per heavy atom. The third-order valence-electron chi connectivity index (χ3n) is 3.93. The van der Waals surface area contributed by atoms with E-state index in [2.05, 4.69) is 50.4 Å². The third kappa shape index (κ3) is 3.83. The largest absolute Gasteiger partial charge is 0.340 e. The first kappa shape index (κ1) is 15.0. The number of amides is 1. The van der Waals surface area contributed by atoms with Gasteiger partial charge in [0, 0.05) is 25.6 Å². The van der Waals surface area contributed by atoms with Crippen molar-refractivity contribution in [2.75, 3.05) is 19.6 Å². The Labute approximate surface area is 122 Å².